The Morgan fingerprint density at radius 3 is 2.37 bits per heavy atom. The Hall–Kier alpha value is -1.44. The fourth-order valence-corrected chi connectivity index (χ4v) is 1.81. The van der Waals surface area contributed by atoms with Gasteiger partial charge in [0.25, 0.3) is 0 Å². The van der Waals surface area contributed by atoms with Gasteiger partial charge < -0.3 is 10.6 Å². The number of hydrogen-bond acceptors (Lipinski definition) is 4. The van der Waals surface area contributed by atoms with Gasteiger partial charge in [0, 0.05) is 25.2 Å². The van der Waals surface area contributed by atoms with E-state index in [4.69, 9.17) is 0 Å². The summed E-state index contributed by atoms with van der Waals surface area (Å²) in [5.41, 5.74) is 1.53. The summed E-state index contributed by atoms with van der Waals surface area (Å²) in [4.78, 5) is 11.5. The van der Waals surface area contributed by atoms with E-state index in [9.17, 15) is 13.2 Å². The quantitative estimate of drug-likeness (QED) is 0.672. The van der Waals surface area contributed by atoms with Gasteiger partial charge in [0.1, 0.15) is 0 Å². The van der Waals surface area contributed by atoms with E-state index in [1.54, 1.807) is 31.3 Å². The van der Waals surface area contributed by atoms with Crippen molar-refractivity contribution < 1.29 is 13.2 Å². The Bertz CT molecular complexity index is 512. The van der Waals surface area contributed by atoms with Crippen LogP contribution in [0.2, 0.25) is 0 Å². The van der Waals surface area contributed by atoms with Crippen molar-refractivity contribution in [3.05, 3.63) is 29.8 Å². The minimum Gasteiger partial charge on any atom is -0.326 e. The molecule has 0 atom stereocenters. The lowest BCUT2D eigenvalue weighted by molar-refractivity contribution is -0.116. The van der Waals surface area contributed by atoms with Crippen LogP contribution in [-0.4, -0.2) is 34.2 Å². The van der Waals surface area contributed by atoms with E-state index in [0.29, 0.717) is 18.7 Å². The zero-order valence-electron chi connectivity index (χ0n) is 11.1. The summed E-state index contributed by atoms with van der Waals surface area (Å²) in [5, 5.41) is 5.66. The topological polar surface area (TPSA) is 87.3 Å². The summed E-state index contributed by atoms with van der Waals surface area (Å²) in [7, 11) is -1.40. The Morgan fingerprint density at radius 2 is 1.84 bits per heavy atom. The molecule has 0 aliphatic rings. The first-order chi connectivity index (χ1) is 8.90. The first-order valence-corrected chi connectivity index (χ1v) is 7.78. The number of amides is 1. The third kappa shape index (κ3) is 6.90. The minimum absolute atomic E-state index is 0.0589. The van der Waals surface area contributed by atoms with Crippen molar-refractivity contribution in [1.82, 2.24) is 10.0 Å². The van der Waals surface area contributed by atoms with Crippen LogP contribution in [0.5, 0.6) is 0 Å². The smallest absolute Gasteiger partial charge is 0.225 e. The maximum Gasteiger partial charge on any atom is 0.225 e. The summed E-state index contributed by atoms with van der Waals surface area (Å²) in [5.74, 6) is -0.0589. The maximum atomic E-state index is 11.5. The van der Waals surface area contributed by atoms with Crippen LogP contribution in [-0.2, 0) is 21.4 Å². The fraction of sp³-hybridized carbons (Fsp3) is 0.417. The van der Waals surface area contributed by atoms with E-state index in [1.807, 2.05) is 0 Å². The molecule has 1 rings (SSSR count). The zero-order chi connectivity index (χ0) is 14.3. The van der Waals surface area contributed by atoms with E-state index in [0.717, 1.165) is 11.8 Å². The normalized spacial score (nSPS) is 11.3. The second kappa shape index (κ2) is 7.22. The summed E-state index contributed by atoms with van der Waals surface area (Å²) < 4.78 is 24.3. The highest BCUT2D eigenvalue weighted by Gasteiger charge is 2.03. The predicted molar refractivity (Wildman–Crippen MR) is 75.3 cm³/mol. The minimum atomic E-state index is -3.19. The molecule has 1 aromatic rings. The van der Waals surface area contributed by atoms with Gasteiger partial charge in [-0.3, -0.25) is 4.79 Å². The van der Waals surface area contributed by atoms with Gasteiger partial charge in [-0.05, 0) is 24.7 Å². The van der Waals surface area contributed by atoms with Gasteiger partial charge in [-0.15, -0.1) is 0 Å². The molecule has 0 saturated carbocycles. The Kier molecular flexibility index (Phi) is 5.94. The molecule has 6 nitrogen and oxygen atoms in total. The van der Waals surface area contributed by atoms with E-state index >= 15 is 0 Å². The highest BCUT2D eigenvalue weighted by molar-refractivity contribution is 7.88. The molecule has 0 aromatic heterocycles. The van der Waals surface area contributed by atoms with E-state index in [-0.39, 0.29) is 12.5 Å². The Morgan fingerprint density at radius 1 is 1.21 bits per heavy atom. The Labute approximate surface area is 113 Å². The lowest BCUT2D eigenvalue weighted by atomic mass is 10.2. The lowest BCUT2D eigenvalue weighted by Gasteiger charge is -2.07. The molecule has 0 aliphatic carbocycles. The highest BCUT2D eigenvalue weighted by Crippen LogP contribution is 2.09. The zero-order valence-corrected chi connectivity index (χ0v) is 11.9. The van der Waals surface area contributed by atoms with Crippen LogP contribution in [0.4, 0.5) is 5.69 Å². The molecule has 0 saturated heterocycles. The number of carbonyl (C=O) groups excluding carboxylic acids is 1. The average Bonchev–Trinajstić information content (AvgIpc) is 2.34. The number of sulfonamides is 1. The van der Waals surface area contributed by atoms with Crippen LogP contribution in [0.3, 0.4) is 0 Å². The van der Waals surface area contributed by atoms with Crippen molar-refractivity contribution in [3.8, 4) is 0 Å². The monoisotopic (exact) mass is 285 g/mol. The molecule has 0 heterocycles. The number of carbonyl (C=O) groups is 1. The number of hydrogen-bond donors (Lipinski definition) is 3. The van der Waals surface area contributed by atoms with Gasteiger partial charge in [-0.2, -0.15) is 0 Å². The van der Waals surface area contributed by atoms with Gasteiger partial charge >= 0.3 is 0 Å². The molecular formula is C12H19N3O3S. The average molecular weight is 285 g/mol. The van der Waals surface area contributed by atoms with Crippen LogP contribution in [0.25, 0.3) is 0 Å². The first kappa shape index (κ1) is 15.6. The fourth-order valence-electron chi connectivity index (χ4n) is 1.38. The molecule has 0 aliphatic heterocycles. The lowest BCUT2D eigenvalue weighted by Crippen LogP contribution is -2.21. The standard InChI is InChI=1S/C12H19N3O3S/c1-13-8-7-12(16)15-11-5-3-10(4-6-11)9-14-19(2,17)18/h3-6,13-14H,7-9H2,1-2H3,(H,15,16). The molecule has 19 heavy (non-hydrogen) atoms. The van der Waals surface area contributed by atoms with Crippen LogP contribution >= 0.6 is 0 Å². The van der Waals surface area contributed by atoms with E-state index < -0.39 is 10.0 Å². The first-order valence-electron chi connectivity index (χ1n) is 5.89. The molecule has 0 fully saturated rings. The van der Waals surface area contributed by atoms with Crippen molar-refractivity contribution >= 4 is 21.6 Å². The molecule has 0 bridgehead atoms. The van der Waals surface area contributed by atoms with Crippen molar-refractivity contribution in [2.24, 2.45) is 0 Å². The van der Waals surface area contributed by atoms with Crippen molar-refractivity contribution in [3.63, 3.8) is 0 Å². The third-order valence-electron chi connectivity index (χ3n) is 2.38. The van der Waals surface area contributed by atoms with Gasteiger partial charge in [0.2, 0.25) is 15.9 Å². The maximum absolute atomic E-state index is 11.5. The van der Waals surface area contributed by atoms with Gasteiger partial charge in [-0.25, -0.2) is 13.1 Å². The van der Waals surface area contributed by atoms with E-state index in [2.05, 4.69) is 15.4 Å². The molecule has 0 radical (unpaired) electrons. The summed E-state index contributed by atoms with van der Waals surface area (Å²) >= 11 is 0. The molecule has 1 aromatic carbocycles. The van der Waals surface area contributed by atoms with Gasteiger partial charge in [-0.1, -0.05) is 12.1 Å². The van der Waals surface area contributed by atoms with Crippen molar-refractivity contribution in [1.29, 1.82) is 0 Å². The van der Waals surface area contributed by atoms with E-state index in [1.165, 1.54) is 0 Å². The van der Waals surface area contributed by atoms with Gasteiger partial charge in [0.05, 0.1) is 6.26 Å². The highest BCUT2D eigenvalue weighted by atomic mass is 32.2. The van der Waals surface area contributed by atoms with Crippen molar-refractivity contribution in [2.75, 3.05) is 25.2 Å². The van der Waals surface area contributed by atoms with Crippen LogP contribution in [0, 0.1) is 0 Å². The van der Waals surface area contributed by atoms with Crippen LogP contribution < -0.4 is 15.4 Å². The largest absolute Gasteiger partial charge is 0.326 e. The predicted octanol–water partition coefficient (Wildman–Crippen LogP) is 0.284. The molecule has 106 valence electrons. The van der Waals surface area contributed by atoms with Crippen LogP contribution in [0.1, 0.15) is 12.0 Å². The molecule has 0 spiro atoms. The summed E-state index contributed by atoms with van der Waals surface area (Å²) in [6.07, 6.45) is 1.53. The second-order valence-corrected chi connectivity index (χ2v) is 6.02. The molecule has 1 amide bonds. The number of anilines is 1. The molecule has 7 heteroatoms. The third-order valence-corrected chi connectivity index (χ3v) is 3.05. The molecular weight excluding hydrogens is 266 g/mol. The second-order valence-electron chi connectivity index (χ2n) is 4.19. The number of rotatable bonds is 7. The number of nitrogens with one attached hydrogen (secondary N) is 3. The SMILES string of the molecule is CNCCC(=O)Nc1ccc(CNS(C)(=O)=O)cc1. The van der Waals surface area contributed by atoms with Crippen molar-refractivity contribution in [2.45, 2.75) is 13.0 Å². The molecule has 0 unspecified atom stereocenters. The Balaban J connectivity index is 2.49. The van der Waals surface area contributed by atoms with Gasteiger partial charge in [0.15, 0.2) is 0 Å². The summed E-state index contributed by atoms with van der Waals surface area (Å²) in [6.45, 7) is 0.870. The van der Waals surface area contributed by atoms with Crippen LogP contribution in [0.15, 0.2) is 24.3 Å². The molecule has 3 N–H and O–H groups in total. The summed E-state index contributed by atoms with van der Waals surface area (Å²) in [6, 6.07) is 7.03. The number of benzene rings is 1.